The Morgan fingerprint density at radius 1 is 1.56 bits per heavy atom. The van der Waals surface area contributed by atoms with E-state index < -0.39 is 48.8 Å². The Bertz CT molecular complexity index is 856. The minimum absolute atomic E-state index is 0.0555. The van der Waals surface area contributed by atoms with Gasteiger partial charge in [-0.2, -0.15) is 13.2 Å². The van der Waals surface area contributed by atoms with Gasteiger partial charge in [-0.05, 0) is 52.7 Å². The van der Waals surface area contributed by atoms with Gasteiger partial charge in [-0.25, -0.2) is 9.78 Å². The van der Waals surface area contributed by atoms with Gasteiger partial charge in [0.25, 0.3) is 0 Å². The predicted molar refractivity (Wildman–Crippen MR) is 87.0 cm³/mol. The summed E-state index contributed by atoms with van der Waals surface area (Å²) in [5.41, 5.74) is -0.701. The number of halogens is 4. The molecule has 1 amide bonds. The van der Waals surface area contributed by atoms with Crippen molar-refractivity contribution in [3.63, 3.8) is 0 Å². The number of piperidine rings is 1. The van der Waals surface area contributed by atoms with Crippen molar-refractivity contribution in [2.24, 2.45) is 5.41 Å². The van der Waals surface area contributed by atoms with E-state index in [0.717, 1.165) is 5.56 Å². The molecular weight excluding hydrogens is 407 g/mol. The monoisotopic (exact) mass is 428 g/mol. The maximum absolute atomic E-state index is 12.4. The van der Waals surface area contributed by atoms with Crippen LogP contribution in [0.25, 0.3) is 0 Å². The zero-order valence-corrected chi connectivity index (χ0v) is 14.3. The molecule has 6 nitrogen and oxygen atoms in total. The number of amides is 1. The molecule has 1 aromatic rings. The molecule has 2 fully saturated rings. The number of aromatic nitrogens is 1. The van der Waals surface area contributed by atoms with E-state index in [2.05, 4.69) is 31.5 Å². The molecule has 0 aromatic carbocycles. The first kappa shape index (κ1) is 13.5. The molecule has 0 radical (unpaired) electrons. The average Bonchev–Trinajstić information content (AvgIpc) is 2.92. The molecule has 10 heteroatoms. The molecule has 0 unspecified atom stereocenters. The van der Waals surface area contributed by atoms with Gasteiger partial charge in [-0.1, -0.05) is 12.9 Å². The number of hydrogen-bond acceptors (Lipinski definition) is 4. The van der Waals surface area contributed by atoms with Crippen LogP contribution in [0.15, 0.2) is 16.7 Å². The molecule has 1 aliphatic carbocycles. The number of carboxylic acids is 1. The first-order valence-corrected chi connectivity index (χ1v) is 7.74. The number of nitrogens with zero attached hydrogens (tertiary/aromatic N) is 1. The summed E-state index contributed by atoms with van der Waals surface area (Å²) in [6.07, 6.45) is -6.96. The molecule has 1 aromatic heterocycles. The number of aryl methyl sites for hydroxylation is 1. The average molecular weight is 429 g/mol. The zero-order chi connectivity index (χ0) is 23.3. The van der Waals surface area contributed by atoms with E-state index in [1.807, 2.05) is 0 Å². The van der Waals surface area contributed by atoms with E-state index in [-0.39, 0.29) is 6.42 Å². The maximum atomic E-state index is 12.4. The third kappa shape index (κ3) is 4.91. The standard InChI is InChI=1S/C13H16BrN3O.C2HF3O2/c1-7-3-4-10(14)16-11(7)17-12(18)8-5-13(2)6-9(13)15-8;3-2(4,5)1(6)7/h3-4,8-9,15H,5-6H2,1-2H3,(H,16,17,18);(H,6,7)/t8-,9+,13-;/m0./s1/i2D3,6D2;. The summed E-state index contributed by atoms with van der Waals surface area (Å²) in [7, 11) is 0. The Balaban J connectivity index is 0.000000396. The summed E-state index contributed by atoms with van der Waals surface area (Å²) >= 11 is 3.23. The van der Waals surface area contributed by atoms with Crippen molar-refractivity contribution in [3.8, 4) is 0 Å². The van der Waals surface area contributed by atoms with Crippen molar-refractivity contribution in [1.29, 1.82) is 0 Å². The highest BCUT2D eigenvalue weighted by atomic mass is 79.9. The number of hydrogen-bond donors (Lipinski definition) is 3. The normalized spacial score (nSPS) is 32.4. The lowest BCUT2D eigenvalue weighted by molar-refractivity contribution is -0.192. The SMILES string of the molecule is O=C(O)C(F)(F)F.[2H]C([2H])([2H])[C@@]12C[C@@H](C(=O)Nc3nc(Br)ccc3C)N[C@@H]1C2([2H])[2H]. The van der Waals surface area contributed by atoms with Crippen LogP contribution in [0, 0.1) is 12.3 Å². The number of rotatable bonds is 2. The number of carbonyl (C=O) groups excluding carboxylic acids is 1. The maximum Gasteiger partial charge on any atom is 0.490 e. The van der Waals surface area contributed by atoms with Gasteiger partial charge >= 0.3 is 12.1 Å². The molecule has 0 spiro atoms. The summed E-state index contributed by atoms with van der Waals surface area (Å²) in [5, 5.41) is 12.6. The number of carboxylic acid groups (broad SMARTS) is 1. The van der Waals surface area contributed by atoms with Crippen LogP contribution in [0.5, 0.6) is 0 Å². The lowest BCUT2D eigenvalue weighted by Crippen LogP contribution is -2.38. The molecule has 1 saturated carbocycles. The zero-order valence-electron chi connectivity index (χ0n) is 17.7. The van der Waals surface area contributed by atoms with Gasteiger partial charge in [0, 0.05) is 12.9 Å². The van der Waals surface area contributed by atoms with Crippen LogP contribution in [-0.4, -0.2) is 40.2 Å². The molecule has 3 N–H and O–H groups in total. The van der Waals surface area contributed by atoms with Crippen molar-refractivity contribution in [1.82, 2.24) is 10.3 Å². The Hall–Kier alpha value is -1.68. The van der Waals surface area contributed by atoms with E-state index in [9.17, 15) is 18.0 Å². The summed E-state index contributed by atoms with van der Waals surface area (Å²) in [4.78, 5) is 25.5. The fourth-order valence-corrected chi connectivity index (χ4v) is 2.47. The first-order valence-electron chi connectivity index (χ1n) is 9.45. The highest BCUT2D eigenvalue weighted by Crippen LogP contribution is 2.53. The van der Waals surface area contributed by atoms with Gasteiger partial charge < -0.3 is 15.7 Å². The quantitative estimate of drug-likeness (QED) is 0.629. The van der Waals surface area contributed by atoms with E-state index in [0.29, 0.717) is 10.4 Å². The molecular formula is C15H17BrF3N3O3. The van der Waals surface area contributed by atoms with E-state index in [4.69, 9.17) is 16.8 Å². The van der Waals surface area contributed by atoms with Crippen molar-refractivity contribution in [2.45, 2.75) is 44.8 Å². The van der Waals surface area contributed by atoms with Gasteiger partial charge in [0.05, 0.1) is 6.04 Å². The molecule has 0 bridgehead atoms. The Morgan fingerprint density at radius 2 is 2.20 bits per heavy atom. The summed E-state index contributed by atoms with van der Waals surface area (Å²) < 4.78 is 71.0. The van der Waals surface area contributed by atoms with Crippen LogP contribution in [0.1, 0.15) is 32.1 Å². The third-order valence-electron chi connectivity index (χ3n) is 3.57. The Morgan fingerprint density at radius 3 is 2.72 bits per heavy atom. The molecule has 3 atom stereocenters. The van der Waals surface area contributed by atoms with E-state index in [1.165, 1.54) is 0 Å². The largest absolute Gasteiger partial charge is 0.490 e. The van der Waals surface area contributed by atoms with Crippen LogP contribution in [0.2, 0.25) is 0 Å². The van der Waals surface area contributed by atoms with Crippen molar-refractivity contribution in [2.75, 3.05) is 5.32 Å². The number of carbonyl (C=O) groups is 2. The Labute approximate surface area is 157 Å². The van der Waals surface area contributed by atoms with Crippen LogP contribution < -0.4 is 10.6 Å². The fourth-order valence-electron chi connectivity index (χ4n) is 2.16. The molecule has 138 valence electrons. The third-order valence-corrected chi connectivity index (χ3v) is 4.01. The van der Waals surface area contributed by atoms with Crippen molar-refractivity contribution in [3.05, 3.63) is 22.3 Å². The molecule has 2 heterocycles. The van der Waals surface area contributed by atoms with Gasteiger partial charge in [0.15, 0.2) is 0 Å². The second kappa shape index (κ2) is 6.91. The topological polar surface area (TPSA) is 91.3 Å². The molecule has 3 rings (SSSR count). The van der Waals surface area contributed by atoms with Crippen LogP contribution in [0.3, 0.4) is 0 Å². The number of nitrogens with one attached hydrogen (secondary N) is 2. The predicted octanol–water partition coefficient (Wildman–Crippen LogP) is 2.86. The highest BCUT2D eigenvalue weighted by Gasteiger charge is 2.58. The van der Waals surface area contributed by atoms with Crippen molar-refractivity contribution < 1.29 is 34.7 Å². The smallest absolute Gasteiger partial charge is 0.475 e. The highest BCUT2D eigenvalue weighted by molar-refractivity contribution is 9.10. The van der Waals surface area contributed by atoms with Crippen LogP contribution >= 0.6 is 15.9 Å². The van der Waals surface area contributed by atoms with Gasteiger partial charge in [0.2, 0.25) is 5.91 Å². The second-order valence-electron chi connectivity index (χ2n) is 5.56. The van der Waals surface area contributed by atoms with Gasteiger partial charge in [-0.15, -0.1) is 0 Å². The lowest BCUT2D eigenvalue weighted by atomic mass is 10.0. The second-order valence-corrected chi connectivity index (χ2v) is 6.38. The number of fused-ring (bicyclic) bond motifs is 1. The molecule has 2 aliphatic rings. The summed E-state index contributed by atoms with van der Waals surface area (Å²) in [6.45, 7) is -0.649. The van der Waals surface area contributed by atoms with Crippen molar-refractivity contribution >= 4 is 33.6 Å². The van der Waals surface area contributed by atoms with Gasteiger partial charge in [0.1, 0.15) is 10.4 Å². The lowest BCUT2D eigenvalue weighted by Gasteiger charge is -2.15. The molecule has 1 aliphatic heterocycles. The number of alkyl halides is 3. The van der Waals surface area contributed by atoms with Gasteiger partial charge in [-0.3, -0.25) is 4.79 Å². The van der Waals surface area contributed by atoms with Crippen LogP contribution in [-0.2, 0) is 9.59 Å². The molecule has 25 heavy (non-hydrogen) atoms. The summed E-state index contributed by atoms with van der Waals surface area (Å²) in [6, 6.07) is 1.99. The minimum Gasteiger partial charge on any atom is -0.475 e. The van der Waals surface area contributed by atoms with Crippen LogP contribution in [0.4, 0.5) is 19.0 Å². The summed E-state index contributed by atoms with van der Waals surface area (Å²) in [5.74, 6) is -2.75. The number of pyridine rings is 1. The fraction of sp³-hybridized carbons (Fsp3) is 0.533. The molecule has 1 saturated heterocycles. The van der Waals surface area contributed by atoms with E-state index in [1.54, 1.807) is 19.1 Å². The minimum atomic E-state index is -5.08. The van der Waals surface area contributed by atoms with E-state index >= 15 is 0 Å². The number of anilines is 1. The number of aliphatic carboxylic acids is 1. The Kier molecular flexibility index (Phi) is 3.73. The first-order chi connectivity index (χ1) is 13.4.